The van der Waals surface area contributed by atoms with Gasteiger partial charge in [0.1, 0.15) is 6.61 Å². The van der Waals surface area contributed by atoms with Gasteiger partial charge in [-0.1, -0.05) is 54.3 Å². The third-order valence-corrected chi connectivity index (χ3v) is 4.05. The number of nitrogens with one attached hydrogen (secondary N) is 1. The van der Waals surface area contributed by atoms with E-state index in [2.05, 4.69) is 27.0 Å². The van der Waals surface area contributed by atoms with Crippen LogP contribution in [0, 0.1) is 11.8 Å². The molecule has 4 aromatic rings. The van der Waals surface area contributed by atoms with E-state index >= 15 is 0 Å². The summed E-state index contributed by atoms with van der Waals surface area (Å²) in [4.78, 5) is 4.46. The van der Waals surface area contributed by atoms with Crippen LogP contribution in [0.15, 0.2) is 73.1 Å². The molecular formula is C22H17N3O. The molecule has 0 unspecified atom stereocenters. The molecule has 4 rings (SSSR count). The second kappa shape index (κ2) is 7.64. The number of nitrogens with zero attached hydrogens (tertiary/aromatic N) is 2. The second-order valence-corrected chi connectivity index (χ2v) is 5.83. The lowest BCUT2D eigenvalue weighted by Crippen LogP contribution is -1.93. The molecule has 4 heteroatoms. The lowest BCUT2D eigenvalue weighted by molar-refractivity contribution is 0.153. The lowest BCUT2D eigenvalue weighted by atomic mass is 10.1. The molecule has 1 N–H and O–H groups in total. The van der Waals surface area contributed by atoms with Crippen molar-refractivity contribution >= 4 is 10.9 Å². The van der Waals surface area contributed by atoms with Gasteiger partial charge in [-0.15, -0.1) is 0 Å². The van der Waals surface area contributed by atoms with Crippen LogP contribution in [0.5, 0.6) is 0 Å². The molecule has 0 atom stereocenters. The Morgan fingerprint density at radius 3 is 2.77 bits per heavy atom. The molecule has 0 aliphatic carbocycles. The number of hydrogen-bond donors (Lipinski definition) is 1. The third-order valence-electron chi connectivity index (χ3n) is 4.05. The van der Waals surface area contributed by atoms with Gasteiger partial charge in [-0.3, -0.25) is 10.1 Å². The molecule has 4 nitrogen and oxygen atoms in total. The van der Waals surface area contributed by atoms with Crippen molar-refractivity contribution in [1.82, 2.24) is 15.2 Å². The summed E-state index contributed by atoms with van der Waals surface area (Å²) < 4.78 is 5.62. The fourth-order valence-corrected chi connectivity index (χ4v) is 2.76. The van der Waals surface area contributed by atoms with Gasteiger partial charge in [-0.25, -0.2) is 0 Å². The minimum atomic E-state index is 0.393. The van der Waals surface area contributed by atoms with Crippen LogP contribution in [0.1, 0.15) is 11.1 Å². The molecule has 126 valence electrons. The van der Waals surface area contributed by atoms with Gasteiger partial charge < -0.3 is 4.74 Å². The normalized spacial score (nSPS) is 10.5. The highest BCUT2D eigenvalue weighted by molar-refractivity contribution is 5.88. The number of benzene rings is 2. The van der Waals surface area contributed by atoms with Gasteiger partial charge in [0.05, 0.1) is 17.8 Å². The number of pyridine rings is 1. The highest BCUT2D eigenvalue weighted by Crippen LogP contribution is 2.23. The quantitative estimate of drug-likeness (QED) is 0.448. The van der Waals surface area contributed by atoms with Crippen LogP contribution in [0.2, 0.25) is 0 Å². The van der Waals surface area contributed by atoms with Crippen LogP contribution >= 0.6 is 0 Å². The first-order chi connectivity index (χ1) is 12.9. The highest BCUT2D eigenvalue weighted by atomic mass is 16.5. The molecule has 2 heterocycles. The SMILES string of the molecule is C(#Cc1ccnc2cc(-c3cc[nH]n3)ccc12)COCc1ccccc1. The van der Waals surface area contributed by atoms with Gasteiger partial charge in [0.15, 0.2) is 0 Å². The highest BCUT2D eigenvalue weighted by Gasteiger charge is 2.04. The number of ether oxygens (including phenoxy) is 1. The molecule has 2 aromatic heterocycles. The van der Waals surface area contributed by atoms with Crippen molar-refractivity contribution in [1.29, 1.82) is 0 Å². The van der Waals surface area contributed by atoms with E-state index in [-0.39, 0.29) is 0 Å². The summed E-state index contributed by atoms with van der Waals surface area (Å²) in [5.41, 5.74) is 4.94. The van der Waals surface area contributed by atoms with E-state index in [1.165, 1.54) is 0 Å². The summed E-state index contributed by atoms with van der Waals surface area (Å²) in [6.07, 6.45) is 3.59. The molecule has 0 saturated heterocycles. The molecule has 26 heavy (non-hydrogen) atoms. The van der Waals surface area contributed by atoms with Crippen molar-refractivity contribution in [2.75, 3.05) is 6.61 Å². The molecule has 0 fully saturated rings. The summed E-state index contributed by atoms with van der Waals surface area (Å²) in [6, 6.07) is 20.1. The largest absolute Gasteiger partial charge is 0.364 e. The summed E-state index contributed by atoms with van der Waals surface area (Å²) >= 11 is 0. The number of aromatic amines is 1. The lowest BCUT2D eigenvalue weighted by Gasteiger charge is -2.03. The van der Waals surface area contributed by atoms with Gasteiger partial charge in [-0.2, -0.15) is 5.10 Å². The zero-order chi connectivity index (χ0) is 17.6. The minimum Gasteiger partial charge on any atom is -0.364 e. The van der Waals surface area contributed by atoms with Crippen molar-refractivity contribution in [3.05, 3.63) is 84.2 Å². The van der Waals surface area contributed by atoms with Crippen molar-refractivity contribution in [2.45, 2.75) is 6.61 Å². The number of aromatic nitrogens is 3. The predicted molar refractivity (Wildman–Crippen MR) is 102 cm³/mol. The maximum Gasteiger partial charge on any atom is 0.108 e. The Labute approximate surface area is 151 Å². The Kier molecular flexibility index (Phi) is 4.72. The zero-order valence-corrected chi connectivity index (χ0v) is 14.1. The molecule has 0 amide bonds. The molecule has 0 aliphatic heterocycles. The van der Waals surface area contributed by atoms with E-state index in [1.807, 2.05) is 66.9 Å². The minimum absolute atomic E-state index is 0.393. The maximum absolute atomic E-state index is 5.62. The summed E-state index contributed by atoms with van der Waals surface area (Å²) in [5.74, 6) is 6.28. The summed E-state index contributed by atoms with van der Waals surface area (Å²) in [5, 5.41) is 8.08. The van der Waals surface area contributed by atoms with Crippen LogP contribution in [0.3, 0.4) is 0 Å². The van der Waals surface area contributed by atoms with E-state index in [0.717, 1.165) is 33.3 Å². The Bertz CT molecular complexity index is 1060. The zero-order valence-electron chi connectivity index (χ0n) is 14.1. The number of fused-ring (bicyclic) bond motifs is 1. The molecule has 0 radical (unpaired) electrons. The molecule has 2 aromatic carbocycles. The summed E-state index contributed by atoms with van der Waals surface area (Å²) in [7, 11) is 0. The van der Waals surface area contributed by atoms with Crippen molar-refractivity contribution in [3.63, 3.8) is 0 Å². The monoisotopic (exact) mass is 339 g/mol. The molecule has 0 aliphatic rings. The number of rotatable bonds is 4. The van der Waals surface area contributed by atoms with Crippen LogP contribution < -0.4 is 0 Å². The topological polar surface area (TPSA) is 50.8 Å². The molecular weight excluding hydrogens is 322 g/mol. The predicted octanol–water partition coefficient (Wildman–Crippen LogP) is 4.19. The maximum atomic E-state index is 5.62. The van der Waals surface area contributed by atoms with E-state index in [4.69, 9.17) is 4.74 Å². The average Bonchev–Trinajstić information content (AvgIpc) is 3.23. The fraction of sp³-hybridized carbons (Fsp3) is 0.0909. The average molecular weight is 339 g/mol. The van der Waals surface area contributed by atoms with Gasteiger partial charge in [0, 0.05) is 28.9 Å². The van der Waals surface area contributed by atoms with Crippen LogP contribution in [0.25, 0.3) is 22.2 Å². The molecule has 0 spiro atoms. The fourth-order valence-electron chi connectivity index (χ4n) is 2.76. The van der Waals surface area contributed by atoms with Crippen molar-refractivity contribution in [2.24, 2.45) is 0 Å². The number of H-pyrrole nitrogens is 1. The summed E-state index contributed by atoms with van der Waals surface area (Å²) in [6.45, 7) is 0.962. The molecule has 0 saturated carbocycles. The Balaban J connectivity index is 1.49. The third kappa shape index (κ3) is 3.64. The van der Waals surface area contributed by atoms with Gasteiger partial charge >= 0.3 is 0 Å². The Morgan fingerprint density at radius 1 is 1.00 bits per heavy atom. The van der Waals surface area contributed by atoms with E-state index in [1.54, 1.807) is 6.20 Å². The first-order valence-corrected chi connectivity index (χ1v) is 8.39. The van der Waals surface area contributed by atoms with E-state index in [9.17, 15) is 0 Å². The van der Waals surface area contributed by atoms with E-state index in [0.29, 0.717) is 13.2 Å². The van der Waals surface area contributed by atoms with Crippen LogP contribution in [-0.4, -0.2) is 21.8 Å². The van der Waals surface area contributed by atoms with Crippen LogP contribution in [0.4, 0.5) is 0 Å². The smallest absolute Gasteiger partial charge is 0.108 e. The second-order valence-electron chi connectivity index (χ2n) is 5.83. The van der Waals surface area contributed by atoms with Crippen molar-refractivity contribution in [3.8, 4) is 23.1 Å². The Morgan fingerprint density at radius 2 is 1.92 bits per heavy atom. The van der Waals surface area contributed by atoms with Gasteiger partial charge in [-0.05, 0) is 23.8 Å². The van der Waals surface area contributed by atoms with E-state index < -0.39 is 0 Å². The Hall–Kier alpha value is -3.42. The van der Waals surface area contributed by atoms with Gasteiger partial charge in [0.25, 0.3) is 0 Å². The van der Waals surface area contributed by atoms with Crippen molar-refractivity contribution < 1.29 is 4.74 Å². The van der Waals surface area contributed by atoms with Crippen LogP contribution in [-0.2, 0) is 11.3 Å². The first-order valence-electron chi connectivity index (χ1n) is 8.39. The first kappa shape index (κ1) is 16.1. The molecule has 0 bridgehead atoms. The van der Waals surface area contributed by atoms with Gasteiger partial charge in [0.2, 0.25) is 0 Å². The standard InChI is InChI=1S/C22H17N3O/c1-2-5-17(6-3-1)16-26-14-4-7-18-10-12-23-22-15-19(8-9-20(18)22)21-11-13-24-25-21/h1-3,5-6,8-13,15H,14,16H2,(H,24,25). The number of hydrogen-bond acceptors (Lipinski definition) is 3.